The van der Waals surface area contributed by atoms with Crippen molar-refractivity contribution in [3.63, 3.8) is 0 Å². The number of morpholine rings is 1. The summed E-state index contributed by atoms with van der Waals surface area (Å²) >= 11 is 0. The Kier molecular flexibility index (Phi) is 8.24. The van der Waals surface area contributed by atoms with Crippen molar-refractivity contribution in [2.45, 2.75) is 45.2 Å². The summed E-state index contributed by atoms with van der Waals surface area (Å²) < 4.78 is 11.5. The maximum absolute atomic E-state index is 6.07. The highest BCUT2D eigenvalue weighted by Crippen LogP contribution is 2.20. The van der Waals surface area contributed by atoms with Gasteiger partial charge in [0, 0.05) is 37.8 Å². The number of guanidine groups is 1. The second-order valence-corrected chi connectivity index (χ2v) is 7.23. The van der Waals surface area contributed by atoms with E-state index in [0.717, 1.165) is 56.7 Å². The zero-order chi connectivity index (χ0) is 18.7. The third-order valence-electron chi connectivity index (χ3n) is 5.19. The van der Waals surface area contributed by atoms with Crippen LogP contribution in [0.2, 0.25) is 0 Å². The molecular formula is C21H34N4O2. The fourth-order valence-electron chi connectivity index (χ4n) is 3.63. The van der Waals surface area contributed by atoms with Crippen LogP contribution in [0.3, 0.4) is 0 Å². The fraction of sp³-hybridized carbons (Fsp3) is 0.667. The van der Waals surface area contributed by atoms with Crippen molar-refractivity contribution in [2.75, 3.05) is 46.0 Å². The predicted molar refractivity (Wildman–Crippen MR) is 109 cm³/mol. The molecule has 6 heteroatoms. The molecule has 3 rings (SSSR count). The molecule has 1 heterocycles. The highest BCUT2D eigenvalue weighted by atomic mass is 16.5. The van der Waals surface area contributed by atoms with E-state index < -0.39 is 0 Å². The first-order valence-electron chi connectivity index (χ1n) is 10.4. The SMILES string of the molecule is CCNC(=NCc1ccccc1OCCN1CCOCC1)NC1CCCC1. The number of ether oxygens (including phenoxy) is 2. The molecule has 0 radical (unpaired) electrons. The Morgan fingerprint density at radius 1 is 1.22 bits per heavy atom. The van der Waals surface area contributed by atoms with Gasteiger partial charge < -0.3 is 20.1 Å². The summed E-state index contributed by atoms with van der Waals surface area (Å²) in [4.78, 5) is 7.18. The molecule has 0 aromatic heterocycles. The van der Waals surface area contributed by atoms with Gasteiger partial charge in [0.2, 0.25) is 0 Å². The van der Waals surface area contributed by atoms with Gasteiger partial charge in [0.15, 0.2) is 5.96 Å². The zero-order valence-corrected chi connectivity index (χ0v) is 16.6. The molecule has 1 aromatic rings. The summed E-state index contributed by atoms with van der Waals surface area (Å²) in [7, 11) is 0. The number of para-hydroxylation sites is 1. The van der Waals surface area contributed by atoms with Crippen molar-refractivity contribution in [1.82, 2.24) is 15.5 Å². The van der Waals surface area contributed by atoms with E-state index in [1.165, 1.54) is 25.7 Å². The highest BCUT2D eigenvalue weighted by Gasteiger charge is 2.16. The number of rotatable bonds is 8. The van der Waals surface area contributed by atoms with Gasteiger partial charge in [-0.1, -0.05) is 31.0 Å². The van der Waals surface area contributed by atoms with Gasteiger partial charge in [-0.2, -0.15) is 0 Å². The highest BCUT2D eigenvalue weighted by molar-refractivity contribution is 5.80. The zero-order valence-electron chi connectivity index (χ0n) is 16.6. The van der Waals surface area contributed by atoms with Crippen LogP contribution in [0.1, 0.15) is 38.2 Å². The number of nitrogens with one attached hydrogen (secondary N) is 2. The Balaban J connectivity index is 1.53. The van der Waals surface area contributed by atoms with E-state index in [1.54, 1.807) is 0 Å². The molecule has 0 unspecified atom stereocenters. The third-order valence-corrected chi connectivity index (χ3v) is 5.19. The molecule has 6 nitrogen and oxygen atoms in total. The predicted octanol–water partition coefficient (Wildman–Crippen LogP) is 2.40. The van der Waals surface area contributed by atoms with Crippen molar-refractivity contribution >= 4 is 5.96 Å². The van der Waals surface area contributed by atoms with Crippen LogP contribution in [0, 0.1) is 0 Å². The summed E-state index contributed by atoms with van der Waals surface area (Å²) in [5.41, 5.74) is 1.13. The molecule has 2 N–H and O–H groups in total. The maximum atomic E-state index is 6.07. The van der Waals surface area contributed by atoms with E-state index in [-0.39, 0.29) is 0 Å². The Bertz CT molecular complexity index is 581. The van der Waals surface area contributed by atoms with Crippen molar-refractivity contribution < 1.29 is 9.47 Å². The first-order chi connectivity index (χ1) is 13.3. The van der Waals surface area contributed by atoms with Crippen LogP contribution in [0.4, 0.5) is 0 Å². The van der Waals surface area contributed by atoms with E-state index >= 15 is 0 Å². The van der Waals surface area contributed by atoms with Gasteiger partial charge in [0.1, 0.15) is 12.4 Å². The second-order valence-electron chi connectivity index (χ2n) is 7.23. The Labute approximate surface area is 163 Å². The molecule has 1 aliphatic heterocycles. The number of hydrogen-bond acceptors (Lipinski definition) is 4. The van der Waals surface area contributed by atoms with Crippen LogP contribution in [-0.4, -0.2) is 62.9 Å². The van der Waals surface area contributed by atoms with Crippen molar-refractivity contribution in [3.8, 4) is 5.75 Å². The van der Waals surface area contributed by atoms with Crippen LogP contribution in [0.5, 0.6) is 5.75 Å². The molecule has 0 spiro atoms. The Morgan fingerprint density at radius 2 is 2.00 bits per heavy atom. The van der Waals surface area contributed by atoms with E-state index in [4.69, 9.17) is 14.5 Å². The molecule has 1 aromatic carbocycles. The lowest BCUT2D eigenvalue weighted by atomic mass is 10.2. The Morgan fingerprint density at radius 3 is 2.78 bits per heavy atom. The lowest BCUT2D eigenvalue weighted by Gasteiger charge is -2.26. The van der Waals surface area contributed by atoms with E-state index in [2.05, 4.69) is 34.6 Å². The number of hydrogen-bond donors (Lipinski definition) is 2. The minimum absolute atomic E-state index is 0.558. The fourth-order valence-corrected chi connectivity index (χ4v) is 3.63. The molecule has 27 heavy (non-hydrogen) atoms. The van der Waals surface area contributed by atoms with Gasteiger partial charge in [0.05, 0.1) is 19.8 Å². The van der Waals surface area contributed by atoms with Gasteiger partial charge in [-0.3, -0.25) is 4.90 Å². The van der Waals surface area contributed by atoms with E-state index in [0.29, 0.717) is 19.2 Å². The normalized spacial score (nSPS) is 19.2. The third kappa shape index (κ3) is 6.70. The molecule has 2 fully saturated rings. The number of aliphatic imine (C=N–C) groups is 1. The molecule has 0 bridgehead atoms. The molecule has 1 saturated heterocycles. The molecule has 2 aliphatic rings. The summed E-state index contributed by atoms with van der Waals surface area (Å²) in [5.74, 6) is 1.85. The van der Waals surface area contributed by atoms with Crippen LogP contribution in [-0.2, 0) is 11.3 Å². The summed E-state index contributed by atoms with van der Waals surface area (Å²) in [6.07, 6.45) is 5.12. The molecule has 1 saturated carbocycles. The first kappa shape index (κ1) is 20.0. The van der Waals surface area contributed by atoms with Crippen LogP contribution in [0.15, 0.2) is 29.3 Å². The smallest absolute Gasteiger partial charge is 0.191 e. The minimum Gasteiger partial charge on any atom is -0.492 e. The molecule has 150 valence electrons. The molecule has 0 amide bonds. The van der Waals surface area contributed by atoms with Gasteiger partial charge in [-0.15, -0.1) is 0 Å². The van der Waals surface area contributed by atoms with Gasteiger partial charge in [-0.05, 0) is 25.8 Å². The topological polar surface area (TPSA) is 58.1 Å². The summed E-state index contributed by atoms with van der Waals surface area (Å²) in [6, 6.07) is 8.78. The average molecular weight is 375 g/mol. The summed E-state index contributed by atoms with van der Waals surface area (Å²) in [6.45, 7) is 8.87. The monoisotopic (exact) mass is 374 g/mol. The lowest BCUT2D eigenvalue weighted by Crippen LogP contribution is -2.42. The van der Waals surface area contributed by atoms with Gasteiger partial charge in [-0.25, -0.2) is 4.99 Å². The Hall–Kier alpha value is -1.79. The maximum Gasteiger partial charge on any atom is 0.191 e. The van der Waals surface area contributed by atoms with Crippen LogP contribution < -0.4 is 15.4 Å². The standard InChI is InChI=1S/C21H34N4O2/c1-2-22-21(24-19-8-4-5-9-19)23-17-18-7-3-6-10-20(18)27-16-13-25-11-14-26-15-12-25/h3,6-7,10,19H,2,4-5,8-9,11-17H2,1H3,(H2,22,23,24). The molecule has 0 atom stereocenters. The average Bonchev–Trinajstić information content (AvgIpc) is 3.21. The van der Waals surface area contributed by atoms with Gasteiger partial charge >= 0.3 is 0 Å². The van der Waals surface area contributed by atoms with Crippen LogP contribution in [0.25, 0.3) is 0 Å². The molecular weight excluding hydrogens is 340 g/mol. The quantitative estimate of drug-likeness (QED) is 0.541. The lowest BCUT2D eigenvalue weighted by molar-refractivity contribution is 0.0322. The van der Waals surface area contributed by atoms with Gasteiger partial charge in [0.25, 0.3) is 0 Å². The van der Waals surface area contributed by atoms with Crippen molar-refractivity contribution in [1.29, 1.82) is 0 Å². The second kappa shape index (κ2) is 11.1. The number of nitrogens with zero attached hydrogens (tertiary/aromatic N) is 2. The number of benzene rings is 1. The minimum atomic E-state index is 0.558. The van der Waals surface area contributed by atoms with Crippen molar-refractivity contribution in [3.05, 3.63) is 29.8 Å². The van der Waals surface area contributed by atoms with E-state index in [9.17, 15) is 0 Å². The largest absolute Gasteiger partial charge is 0.492 e. The first-order valence-corrected chi connectivity index (χ1v) is 10.4. The van der Waals surface area contributed by atoms with Crippen LogP contribution >= 0.6 is 0 Å². The molecule has 1 aliphatic carbocycles. The van der Waals surface area contributed by atoms with E-state index in [1.807, 2.05) is 12.1 Å². The van der Waals surface area contributed by atoms with Crippen molar-refractivity contribution in [2.24, 2.45) is 4.99 Å². The summed E-state index contributed by atoms with van der Waals surface area (Å²) in [5, 5.41) is 6.94.